The van der Waals surface area contributed by atoms with Crippen molar-refractivity contribution >= 4 is 8.07 Å². The molecule has 0 radical (unpaired) electrons. The Bertz CT molecular complexity index is 477. The Morgan fingerprint density at radius 2 is 2.14 bits per heavy atom. The van der Waals surface area contributed by atoms with Crippen molar-refractivity contribution in [3.63, 3.8) is 0 Å². The van der Waals surface area contributed by atoms with Gasteiger partial charge in [-0.3, -0.25) is 4.57 Å². The van der Waals surface area contributed by atoms with Gasteiger partial charge in [-0.15, -0.1) is 0 Å². The van der Waals surface area contributed by atoms with Gasteiger partial charge in [0, 0.05) is 26.8 Å². The van der Waals surface area contributed by atoms with Crippen molar-refractivity contribution in [1.29, 1.82) is 0 Å². The van der Waals surface area contributed by atoms with Crippen LogP contribution >= 0.6 is 0 Å². The predicted molar refractivity (Wildman–Crippen MR) is 88.6 cm³/mol. The van der Waals surface area contributed by atoms with Crippen LogP contribution in [-0.2, 0) is 11.5 Å². The molecular weight excluding hydrogens is 280 g/mol. The second kappa shape index (κ2) is 7.27. The van der Waals surface area contributed by atoms with E-state index in [0.29, 0.717) is 18.7 Å². The maximum Gasteiger partial charge on any atom is 0.298 e. The molecule has 0 saturated carbocycles. The number of methoxy groups -OCH3 is 1. The molecule has 1 aromatic heterocycles. The molecular formula is C16H28N2O2Si. The van der Waals surface area contributed by atoms with Gasteiger partial charge in [-0.05, 0) is 25.3 Å². The van der Waals surface area contributed by atoms with E-state index in [2.05, 4.69) is 43.0 Å². The van der Waals surface area contributed by atoms with Gasteiger partial charge in [-0.25, -0.2) is 0 Å². The van der Waals surface area contributed by atoms with E-state index in [1.807, 2.05) is 4.57 Å². The number of imidazole rings is 1. The standard InChI is InChI=1S/C16H28N2O2Si/c1-19-16-17-15(14-8-6-5-7-9-14)12-18(16)13-20-10-11-21(2,3)4/h5-6,12,14H,7-11,13H2,1-4H3. The van der Waals surface area contributed by atoms with E-state index < -0.39 is 8.07 Å². The first-order valence-electron chi connectivity index (χ1n) is 7.83. The number of aromatic nitrogens is 2. The summed E-state index contributed by atoms with van der Waals surface area (Å²) in [5.41, 5.74) is 1.13. The van der Waals surface area contributed by atoms with E-state index in [1.165, 1.54) is 12.5 Å². The van der Waals surface area contributed by atoms with Crippen LogP contribution < -0.4 is 4.74 Å². The van der Waals surface area contributed by atoms with Crippen LogP contribution in [0.15, 0.2) is 18.3 Å². The molecule has 1 aliphatic rings. The van der Waals surface area contributed by atoms with Crippen LogP contribution in [0.1, 0.15) is 30.9 Å². The summed E-state index contributed by atoms with van der Waals surface area (Å²) in [6.07, 6.45) is 10.0. The number of hydrogen-bond donors (Lipinski definition) is 0. The molecule has 1 aromatic rings. The Morgan fingerprint density at radius 3 is 2.76 bits per heavy atom. The number of rotatable bonds is 7. The van der Waals surface area contributed by atoms with E-state index in [4.69, 9.17) is 9.47 Å². The zero-order chi connectivity index (χ0) is 15.3. The van der Waals surface area contributed by atoms with E-state index in [9.17, 15) is 0 Å². The van der Waals surface area contributed by atoms with Crippen LogP contribution in [0.3, 0.4) is 0 Å². The second-order valence-corrected chi connectivity index (χ2v) is 12.6. The fourth-order valence-electron chi connectivity index (χ4n) is 2.47. The Balaban J connectivity index is 1.92. The zero-order valence-corrected chi connectivity index (χ0v) is 14.8. The van der Waals surface area contributed by atoms with Gasteiger partial charge >= 0.3 is 0 Å². The monoisotopic (exact) mass is 308 g/mol. The van der Waals surface area contributed by atoms with Gasteiger partial charge in [0.2, 0.25) is 0 Å². The highest BCUT2D eigenvalue weighted by Crippen LogP contribution is 2.29. The fourth-order valence-corrected chi connectivity index (χ4v) is 3.23. The van der Waals surface area contributed by atoms with Crippen molar-refractivity contribution in [2.75, 3.05) is 13.7 Å². The Kier molecular flexibility index (Phi) is 5.64. The first-order chi connectivity index (χ1) is 9.99. The molecule has 1 aliphatic carbocycles. The molecule has 0 spiro atoms. The third kappa shape index (κ3) is 5.00. The third-order valence-electron chi connectivity index (χ3n) is 3.86. The molecule has 1 heterocycles. The maximum atomic E-state index is 5.80. The van der Waals surface area contributed by atoms with Crippen LogP contribution in [0, 0.1) is 0 Å². The molecule has 0 amide bonds. The van der Waals surface area contributed by atoms with E-state index >= 15 is 0 Å². The lowest BCUT2D eigenvalue weighted by atomic mass is 9.92. The van der Waals surface area contributed by atoms with Gasteiger partial charge in [0.1, 0.15) is 6.73 Å². The van der Waals surface area contributed by atoms with Crippen LogP contribution in [0.4, 0.5) is 0 Å². The van der Waals surface area contributed by atoms with Crippen LogP contribution in [0.2, 0.25) is 25.7 Å². The minimum atomic E-state index is -1.03. The molecule has 0 saturated heterocycles. The average Bonchev–Trinajstić information content (AvgIpc) is 2.87. The van der Waals surface area contributed by atoms with Gasteiger partial charge in [0.25, 0.3) is 6.01 Å². The number of hydrogen-bond acceptors (Lipinski definition) is 3. The highest BCUT2D eigenvalue weighted by molar-refractivity contribution is 6.76. The van der Waals surface area contributed by atoms with Crippen molar-refractivity contribution < 1.29 is 9.47 Å². The zero-order valence-electron chi connectivity index (χ0n) is 13.8. The summed E-state index contributed by atoms with van der Waals surface area (Å²) in [7, 11) is 0.644. The summed E-state index contributed by atoms with van der Waals surface area (Å²) in [5, 5.41) is 0. The molecule has 0 N–H and O–H groups in total. The molecule has 21 heavy (non-hydrogen) atoms. The first kappa shape index (κ1) is 16.3. The Labute approximate surface area is 129 Å². The van der Waals surface area contributed by atoms with Crippen LogP contribution in [-0.4, -0.2) is 31.3 Å². The minimum Gasteiger partial charge on any atom is -0.468 e. The second-order valence-electron chi connectivity index (χ2n) is 6.95. The molecule has 1 atom stereocenters. The molecule has 118 valence electrons. The summed E-state index contributed by atoms with van der Waals surface area (Å²) in [4.78, 5) is 4.62. The predicted octanol–water partition coefficient (Wildman–Crippen LogP) is 4.03. The summed E-state index contributed by atoms with van der Waals surface area (Å²) < 4.78 is 13.2. The van der Waals surface area contributed by atoms with Crippen LogP contribution in [0.25, 0.3) is 0 Å². The summed E-state index contributed by atoms with van der Waals surface area (Å²) >= 11 is 0. The molecule has 0 aliphatic heterocycles. The summed E-state index contributed by atoms with van der Waals surface area (Å²) in [6.45, 7) is 8.44. The van der Waals surface area contributed by atoms with Gasteiger partial charge < -0.3 is 9.47 Å². The maximum absolute atomic E-state index is 5.80. The van der Waals surface area contributed by atoms with Gasteiger partial charge in [-0.1, -0.05) is 31.8 Å². The van der Waals surface area contributed by atoms with Crippen molar-refractivity contribution in [2.45, 2.75) is 57.6 Å². The van der Waals surface area contributed by atoms with Crippen molar-refractivity contribution in [3.05, 3.63) is 24.0 Å². The van der Waals surface area contributed by atoms with Crippen molar-refractivity contribution in [1.82, 2.24) is 9.55 Å². The Hall–Kier alpha value is -1.07. The van der Waals surface area contributed by atoms with Crippen LogP contribution in [0.5, 0.6) is 6.01 Å². The number of ether oxygens (including phenoxy) is 2. The molecule has 0 aromatic carbocycles. The van der Waals surface area contributed by atoms with Gasteiger partial charge in [0.15, 0.2) is 0 Å². The average molecular weight is 308 g/mol. The summed E-state index contributed by atoms with van der Waals surface area (Å²) in [6, 6.07) is 1.84. The van der Waals surface area contributed by atoms with Crippen molar-refractivity contribution in [3.8, 4) is 6.01 Å². The minimum absolute atomic E-state index is 0.520. The lowest BCUT2D eigenvalue weighted by Crippen LogP contribution is -2.22. The highest BCUT2D eigenvalue weighted by Gasteiger charge is 2.18. The summed E-state index contributed by atoms with van der Waals surface area (Å²) in [5.74, 6) is 0.520. The SMILES string of the molecule is COc1nc(C2CC=CCC2)cn1COCC[Si](C)(C)C. The lowest BCUT2D eigenvalue weighted by Gasteiger charge is -2.16. The normalized spacial score (nSPS) is 19.0. The molecule has 0 bridgehead atoms. The third-order valence-corrected chi connectivity index (χ3v) is 5.56. The van der Waals surface area contributed by atoms with Gasteiger partial charge in [0.05, 0.1) is 12.8 Å². The molecule has 5 heteroatoms. The molecule has 1 unspecified atom stereocenters. The molecule has 2 rings (SSSR count). The van der Waals surface area contributed by atoms with E-state index in [1.54, 1.807) is 7.11 Å². The first-order valence-corrected chi connectivity index (χ1v) is 11.5. The largest absolute Gasteiger partial charge is 0.468 e. The lowest BCUT2D eigenvalue weighted by molar-refractivity contribution is 0.0808. The van der Waals surface area contributed by atoms with Gasteiger partial charge in [-0.2, -0.15) is 4.98 Å². The topological polar surface area (TPSA) is 36.3 Å². The number of allylic oxidation sites excluding steroid dienone is 2. The van der Waals surface area contributed by atoms with Crippen molar-refractivity contribution in [2.24, 2.45) is 0 Å². The van der Waals surface area contributed by atoms with E-state index in [-0.39, 0.29) is 0 Å². The molecule has 0 fully saturated rings. The smallest absolute Gasteiger partial charge is 0.298 e. The quantitative estimate of drug-likeness (QED) is 0.433. The van der Waals surface area contributed by atoms with E-state index in [0.717, 1.165) is 25.1 Å². The number of nitrogens with zero attached hydrogens (tertiary/aromatic N) is 2. The molecule has 4 nitrogen and oxygen atoms in total. The fraction of sp³-hybridized carbons (Fsp3) is 0.688. The highest BCUT2D eigenvalue weighted by atomic mass is 28.3. The Morgan fingerprint density at radius 1 is 1.33 bits per heavy atom.